The van der Waals surface area contributed by atoms with Crippen LogP contribution in [0.2, 0.25) is 0 Å². The number of para-hydroxylation sites is 1. The fourth-order valence-electron chi connectivity index (χ4n) is 3.60. The monoisotopic (exact) mass is 357 g/mol. The van der Waals surface area contributed by atoms with Crippen molar-refractivity contribution in [2.24, 2.45) is 0 Å². The Kier molecular flexibility index (Phi) is 5.15. The van der Waals surface area contributed by atoms with Gasteiger partial charge in [0.1, 0.15) is 5.82 Å². The van der Waals surface area contributed by atoms with Crippen LogP contribution in [0.4, 0.5) is 11.5 Å². The predicted molar refractivity (Wildman–Crippen MR) is 108 cm³/mol. The second-order valence-electron chi connectivity index (χ2n) is 6.75. The minimum absolute atomic E-state index is 0.0721. The summed E-state index contributed by atoms with van der Waals surface area (Å²) in [6, 6.07) is 22.2. The van der Waals surface area contributed by atoms with E-state index in [4.69, 9.17) is 0 Å². The first-order valence-corrected chi connectivity index (χ1v) is 9.45. The van der Waals surface area contributed by atoms with Gasteiger partial charge in [-0.3, -0.25) is 4.79 Å². The van der Waals surface area contributed by atoms with Crippen LogP contribution in [0.3, 0.4) is 0 Å². The Morgan fingerprint density at radius 2 is 1.81 bits per heavy atom. The number of aryl methyl sites for hydroxylation is 1. The zero-order valence-corrected chi connectivity index (χ0v) is 15.3. The first-order chi connectivity index (χ1) is 13.3. The zero-order valence-electron chi connectivity index (χ0n) is 15.3. The third-order valence-corrected chi connectivity index (χ3v) is 4.94. The Labute approximate surface area is 159 Å². The van der Waals surface area contributed by atoms with Gasteiger partial charge in [0, 0.05) is 25.0 Å². The van der Waals surface area contributed by atoms with Gasteiger partial charge in [0.2, 0.25) is 0 Å². The fraction of sp³-hybridized carbons (Fsp3) is 0.217. The van der Waals surface area contributed by atoms with Crippen molar-refractivity contribution in [3.05, 3.63) is 89.6 Å². The molecule has 4 heteroatoms. The van der Waals surface area contributed by atoms with E-state index in [0.29, 0.717) is 12.1 Å². The Bertz CT molecular complexity index is 924. The molecule has 1 aliphatic rings. The van der Waals surface area contributed by atoms with Crippen LogP contribution in [0, 0.1) is 0 Å². The molecule has 0 aliphatic carbocycles. The van der Waals surface area contributed by atoms with Crippen molar-refractivity contribution < 1.29 is 4.79 Å². The third kappa shape index (κ3) is 3.85. The van der Waals surface area contributed by atoms with E-state index in [-0.39, 0.29) is 5.91 Å². The van der Waals surface area contributed by atoms with E-state index >= 15 is 0 Å². The maximum Gasteiger partial charge on any atom is 0.255 e. The van der Waals surface area contributed by atoms with Gasteiger partial charge in [-0.15, -0.1) is 0 Å². The summed E-state index contributed by atoms with van der Waals surface area (Å²) in [7, 11) is 0. The first-order valence-electron chi connectivity index (χ1n) is 9.45. The molecule has 0 fully saturated rings. The smallest absolute Gasteiger partial charge is 0.255 e. The predicted octanol–water partition coefficient (Wildman–Crippen LogP) is 4.14. The summed E-state index contributed by atoms with van der Waals surface area (Å²) in [5.41, 5.74) is 4.31. The van der Waals surface area contributed by atoms with Crippen LogP contribution in [0.15, 0.2) is 72.9 Å². The highest BCUT2D eigenvalue weighted by atomic mass is 16.1. The number of carbonyl (C=O) groups excluding carboxylic acids is 1. The summed E-state index contributed by atoms with van der Waals surface area (Å²) in [5.74, 6) is 0.666. The van der Waals surface area contributed by atoms with Crippen LogP contribution in [0.1, 0.15) is 27.9 Å². The molecule has 2 heterocycles. The van der Waals surface area contributed by atoms with Crippen LogP contribution < -0.4 is 10.2 Å². The molecule has 0 spiro atoms. The number of benzene rings is 2. The summed E-state index contributed by atoms with van der Waals surface area (Å²) < 4.78 is 0. The largest absolute Gasteiger partial charge is 0.352 e. The van der Waals surface area contributed by atoms with Crippen LogP contribution in [-0.2, 0) is 12.8 Å². The number of nitrogens with one attached hydrogen (secondary N) is 1. The summed E-state index contributed by atoms with van der Waals surface area (Å²) >= 11 is 0. The number of anilines is 2. The standard InChI is InChI=1S/C23H23N3O/c27-23(25-16-14-18-8-2-1-3-9-18)20-12-6-15-24-22(20)26-17-7-11-19-10-4-5-13-21(19)26/h1-6,8-10,12-13,15H,7,11,14,16-17H2,(H,25,27). The molecule has 3 aromatic rings. The second-order valence-corrected chi connectivity index (χ2v) is 6.75. The van der Waals surface area contributed by atoms with Gasteiger partial charge in [-0.1, -0.05) is 48.5 Å². The average Bonchev–Trinajstić information content (AvgIpc) is 2.74. The number of hydrogen-bond donors (Lipinski definition) is 1. The number of carbonyl (C=O) groups is 1. The minimum Gasteiger partial charge on any atom is -0.352 e. The molecule has 4 nitrogen and oxygen atoms in total. The van der Waals surface area contributed by atoms with Crippen molar-refractivity contribution in [3.8, 4) is 0 Å². The van der Waals surface area contributed by atoms with Gasteiger partial charge in [0.25, 0.3) is 5.91 Å². The highest BCUT2D eigenvalue weighted by molar-refractivity contribution is 5.99. The molecule has 136 valence electrons. The minimum atomic E-state index is -0.0721. The molecule has 2 aromatic carbocycles. The van der Waals surface area contributed by atoms with Gasteiger partial charge in [-0.2, -0.15) is 0 Å². The van der Waals surface area contributed by atoms with Crippen LogP contribution in [-0.4, -0.2) is 24.0 Å². The van der Waals surface area contributed by atoms with Crippen molar-refractivity contribution >= 4 is 17.4 Å². The Morgan fingerprint density at radius 1 is 1.00 bits per heavy atom. The van der Waals surface area contributed by atoms with E-state index in [1.807, 2.05) is 36.4 Å². The highest BCUT2D eigenvalue weighted by Gasteiger charge is 2.23. The molecule has 1 aliphatic heterocycles. The lowest BCUT2D eigenvalue weighted by atomic mass is 10.0. The molecule has 0 radical (unpaired) electrons. The van der Waals surface area contributed by atoms with Gasteiger partial charge in [-0.05, 0) is 48.6 Å². The Balaban J connectivity index is 1.52. The topological polar surface area (TPSA) is 45.2 Å². The van der Waals surface area contributed by atoms with E-state index in [1.165, 1.54) is 11.1 Å². The maximum atomic E-state index is 12.8. The molecule has 0 bridgehead atoms. The lowest BCUT2D eigenvalue weighted by molar-refractivity contribution is 0.0954. The summed E-state index contributed by atoms with van der Waals surface area (Å²) in [6.07, 6.45) is 4.70. The highest BCUT2D eigenvalue weighted by Crippen LogP contribution is 2.33. The molecule has 4 rings (SSSR count). The molecule has 1 N–H and O–H groups in total. The quantitative estimate of drug-likeness (QED) is 0.746. The lowest BCUT2D eigenvalue weighted by Gasteiger charge is -2.31. The van der Waals surface area contributed by atoms with E-state index in [0.717, 1.165) is 37.3 Å². The number of nitrogens with zero attached hydrogens (tertiary/aromatic N) is 2. The molecule has 1 amide bonds. The Morgan fingerprint density at radius 3 is 2.70 bits per heavy atom. The normalized spacial score (nSPS) is 13.1. The number of hydrogen-bond acceptors (Lipinski definition) is 3. The summed E-state index contributed by atoms with van der Waals surface area (Å²) in [4.78, 5) is 19.6. The van der Waals surface area contributed by atoms with Gasteiger partial charge >= 0.3 is 0 Å². The molecule has 0 saturated heterocycles. The van der Waals surface area contributed by atoms with Crippen molar-refractivity contribution in [2.45, 2.75) is 19.3 Å². The molecular formula is C23H23N3O. The molecular weight excluding hydrogens is 334 g/mol. The zero-order chi connectivity index (χ0) is 18.5. The first kappa shape index (κ1) is 17.3. The van der Waals surface area contributed by atoms with E-state index in [9.17, 15) is 4.79 Å². The SMILES string of the molecule is O=C(NCCc1ccccc1)c1cccnc1N1CCCc2ccccc21. The number of pyridine rings is 1. The number of aromatic nitrogens is 1. The molecule has 1 aromatic heterocycles. The van der Waals surface area contributed by atoms with Crippen molar-refractivity contribution in [1.82, 2.24) is 10.3 Å². The fourth-order valence-corrected chi connectivity index (χ4v) is 3.60. The Hall–Kier alpha value is -3.14. The maximum absolute atomic E-state index is 12.8. The van der Waals surface area contributed by atoms with Crippen LogP contribution in [0.25, 0.3) is 0 Å². The van der Waals surface area contributed by atoms with Crippen LogP contribution >= 0.6 is 0 Å². The molecule has 0 saturated carbocycles. The van der Waals surface area contributed by atoms with Crippen molar-refractivity contribution in [2.75, 3.05) is 18.0 Å². The van der Waals surface area contributed by atoms with Gasteiger partial charge < -0.3 is 10.2 Å². The van der Waals surface area contributed by atoms with Gasteiger partial charge in [0.05, 0.1) is 5.56 Å². The average molecular weight is 357 g/mol. The number of fused-ring (bicyclic) bond motifs is 1. The second kappa shape index (κ2) is 8.04. The van der Waals surface area contributed by atoms with Gasteiger partial charge in [-0.25, -0.2) is 4.98 Å². The summed E-state index contributed by atoms with van der Waals surface area (Å²) in [6.45, 7) is 1.48. The summed E-state index contributed by atoms with van der Waals surface area (Å²) in [5, 5.41) is 3.05. The van der Waals surface area contributed by atoms with Crippen molar-refractivity contribution in [3.63, 3.8) is 0 Å². The van der Waals surface area contributed by atoms with Gasteiger partial charge in [0.15, 0.2) is 0 Å². The van der Waals surface area contributed by atoms with E-state index < -0.39 is 0 Å². The number of rotatable bonds is 5. The van der Waals surface area contributed by atoms with Crippen molar-refractivity contribution in [1.29, 1.82) is 0 Å². The molecule has 0 unspecified atom stereocenters. The third-order valence-electron chi connectivity index (χ3n) is 4.94. The van der Waals surface area contributed by atoms with Crippen LogP contribution in [0.5, 0.6) is 0 Å². The number of amides is 1. The van der Waals surface area contributed by atoms with E-state index in [2.05, 4.69) is 45.5 Å². The van der Waals surface area contributed by atoms with E-state index in [1.54, 1.807) is 6.20 Å². The molecule has 0 atom stereocenters. The lowest BCUT2D eigenvalue weighted by Crippen LogP contribution is -2.31. The molecule has 27 heavy (non-hydrogen) atoms.